The Morgan fingerprint density at radius 1 is 1.29 bits per heavy atom. The van der Waals surface area contributed by atoms with E-state index in [0.29, 0.717) is 5.92 Å². The molecule has 0 unspecified atom stereocenters. The average molecular weight is 300 g/mol. The summed E-state index contributed by atoms with van der Waals surface area (Å²) in [7, 11) is 0. The molecule has 1 rings (SSSR count). The Kier molecular flexibility index (Phi) is 4.17. The second-order valence-electron chi connectivity index (χ2n) is 4.04. The van der Waals surface area contributed by atoms with E-state index < -0.39 is 0 Å². The number of halogens is 1. The van der Waals surface area contributed by atoms with E-state index >= 15 is 0 Å². The van der Waals surface area contributed by atoms with Crippen molar-refractivity contribution in [2.75, 3.05) is 0 Å². The summed E-state index contributed by atoms with van der Waals surface area (Å²) in [4.78, 5) is 0. The van der Waals surface area contributed by atoms with Gasteiger partial charge in [0.25, 0.3) is 0 Å². The van der Waals surface area contributed by atoms with Gasteiger partial charge in [0.05, 0.1) is 0 Å². The second-order valence-corrected chi connectivity index (χ2v) is 5.29. The summed E-state index contributed by atoms with van der Waals surface area (Å²) in [6.45, 7) is 8.75. The zero-order valence-electron chi connectivity index (χ0n) is 9.26. The Balaban J connectivity index is 3.03. The van der Waals surface area contributed by atoms with E-state index in [4.69, 9.17) is 0 Å². The van der Waals surface area contributed by atoms with Crippen LogP contribution in [0.3, 0.4) is 0 Å². The van der Waals surface area contributed by atoms with Crippen LogP contribution in [0.4, 0.5) is 0 Å². The van der Waals surface area contributed by atoms with Gasteiger partial charge in [0.1, 0.15) is 0 Å². The average Bonchev–Trinajstić information content (AvgIpc) is 2.09. The maximum absolute atomic E-state index is 2.42. The van der Waals surface area contributed by atoms with Crippen LogP contribution in [0.15, 0.2) is 21.8 Å². The highest BCUT2D eigenvalue weighted by Crippen LogP contribution is 2.23. The van der Waals surface area contributed by atoms with E-state index in [9.17, 15) is 0 Å². The quantitative estimate of drug-likeness (QED) is 0.692. The fourth-order valence-corrected chi connectivity index (χ4v) is 1.64. The third-order valence-electron chi connectivity index (χ3n) is 2.27. The van der Waals surface area contributed by atoms with Crippen molar-refractivity contribution in [3.05, 3.63) is 38.5 Å². The van der Waals surface area contributed by atoms with Crippen LogP contribution in [0, 0.1) is 19.8 Å². The Morgan fingerprint density at radius 3 is 2.43 bits per heavy atom. The molecule has 0 aromatic heterocycles. The summed E-state index contributed by atoms with van der Waals surface area (Å²) in [5.41, 5.74) is 4.03. The van der Waals surface area contributed by atoms with E-state index in [1.54, 1.807) is 0 Å². The van der Waals surface area contributed by atoms with Crippen molar-refractivity contribution >= 4 is 28.7 Å². The molecule has 0 aliphatic carbocycles. The van der Waals surface area contributed by atoms with E-state index in [1.807, 2.05) is 0 Å². The summed E-state index contributed by atoms with van der Waals surface area (Å²) in [5, 5.41) is 0. The number of hydrogen-bond donors (Lipinski definition) is 0. The highest BCUT2D eigenvalue weighted by Gasteiger charge is 2.00. The van der Waals surface area contributed by atoms with E-state index in [-0.39, 0.29) is 0 Å². The van der Waals surface area contributed by atoms with Crippen molar-refractivity contribution in [3.8, 4) is 0 Å². The molecule has 0 radical (unpaired) electrons. The normalized spacial score (nSPS) is 12.3. The SMILES string of the molecule is Cc1ccc(/C=C(\I)C(C)C)c(C)c1. The first-order valence-electron chi connectivity index (χ1n) is 4.95. The maximum atomic E-state index is 2.42. The fourth-order valence-electron chi connectivity index (χ4n) is 1.30. The monoisotopic (exact) mass is 300 g/mol. The molecule has 0 nitrogen and oxygen atoms in total. The fraction of sp³-hybridized carbons (Fsp3) is 0.385. The van der Waals surface area contributed by atoms with E-state index in [0.717, 1.165) is 0 Å². The Morgan fingerprint density at radius 2 is 1.93 bits per heavy atom. The zero-order chi connectivity index (χ0) is 10.7. The van der Waals surface area contributed by atoms with E-state index in [2.05, 4.69) is 74.6 Å². The van der Waals surface area contributed by atoms with Gasteiger partial charge < -0.3 is 0 Å². The van der Waals surface area contributed by atoms with Gasteiger partial charge in [0, 0.05) is 0 Å². The molecular weight excluding hydrogens is 283 g/mol. The third kappa shape index (κ3) is 3.12. The number of hydrogen-bond acceptors (Lipinski definition) is 0. The van der Waals surface area contributed by atoms with Crippen molar-refractivity contribution in [2.45, 2.75) is 27.7 Å². The van der Waals surface area contributed by atoms with Crippen molar-refractivity contribution in [1.82, 2.24) is 0 Å². The number of benzene rings is 1. The first kappa shape index (κ1) is 11.8. The third-order valence-corrected chi connectivity index (χ3v) is 3.83. The van der Waals surface area contributed by atoms with Crippen LogP contribution in [-0.2, 0) is 0 Å². The van der Waals surface area contributed by atoms with E-state index in [1.165, 1.54) is 20.3 Å². The standard InChI is InChI=1S/C13H17I/c1-9(2)13(14)8-12-6-5-10(3)7-11(12)4/h5-9H,1-4H3/b13-8-. The lowest BCUT2D eigenvalue weighted by Gasteiger charge is -2.06. The lowest BCUT2D eigenvalue weighted by molar-refractivity contribution is 0.830. The molecule has 0 saturated carbocycles. The van der Waals surface area contributed by atoms with Gasteiger partial charge in [-0.05, 0) is 63.1 Å². The molecule has 1 aromatic rings. The van der Waals surface area contributed by atoms with Gasteiger partial charge in [-0.1, -0.05) is 37.6 Å². The summed E-state index contributed by atoms with van der Waals surface area (Å²) >= 11 is 2.42. The second kappa shape index (κ2) is 4.96. The molecule has 0 N–H and O–H groups in total. The van der Waals surface area contributed by atoms with Gasteiger partial charge in [-0.3, -0.25) is 0 Å². The predicted molar refractivity (Wildman–Crippen MR) is 72.8 cm³/mol. The van der Waals surface area contributed by atoms with Crippen molar-refractivity contribution in [3.63, 3.8) is 0 Å². The molecule has 0 amide bonds. The minimum atomic E-state index is 0.622. The molecule has 0 fully saturated rings. The molecule has 76 valence electrons. The maximum Gasteiger partial charge on any atom is -0.00625 e. The van der Waals surface area contributed by atoms with Gasteiger partial charge in [-0.25, -0.2) is 0 Å². The van der Waals surface area contributed by atoms with Crippen LogP contribution >= 0.6 is 22.6 Å². The first-order valence-corrected chi connectivity index (χ1v) is 6.03. The Labute approximate surface area is 101 Å². The molecule has 0 aliphatic rings. The van der Waals surface area contributed by atoms with Crippen LogP contribution in [0.1, 0.15) is 30.5 Å². The van der Waals surface area contributed by atoms with Crippen LogP contribution in [0.5, 0.6) is 0 Å². The van der Waals surface area contributed by atoms with Crippen LogP contribution in [-0.4, -0.2) is 0 Å². The number of allylic oxidation sites excluding steroid dienone is 1. The minimum Gasteiger partial charge on any atom is -0.0587 e. The summed E-state index contributed by atoms with van der Waals surface area (Å²) in [6.07, 6.45) is 2.28. The van der Waals surface area contributed by atoms with Crippen LogP contribution in [0.2, 0.25) is 0 Å². The highest BCUT2D eigenvalue weighted by atomic mass is 127. The smallest absolute Gasteiger partial charge is 0.00625 e. The molecule has 0 bridgehead atoms. The van der Waals surface area contributed by atoms with Crippen LogP contribution < -0.4 is 0 Å². The predicted octanol–water partition coefficient (Wildman–Crippen LogP) is 4.74. The molecule has 0 atom stereocenters. The van der Waals surface area contributed by atoms with Crippen LogP contribution in [0.25, 0.3) is 6.08 Å². The first-order chi connectivity index (χ1) is 6.50. The minimum absolute atomic E-state index is 0.622. The number of rotatable bonds is 2. The Bertz CT molecular complexity index is 348. The largest absolute Gasteiger partial charge is 0.0587 e. The molecule has 0 heterocycles. The zero-order valence-corrected chi connectivity index (χ0v) is 11.4. The lowest BCUT2D eigenvalue weighted by Crippen LogP contribution is -1.87. The van der Waals surface area contributed by atoms with Gasteiger partial charge in [0.2, 0.25) is 0 Å². The van der Waals surface area contributed by atoms with Crippen molar-refractivity contribution < 1.29 is 0 Å². The molecule has 1 heteroatoms. The van der Waals surface area contributed by atoms with Gasteiger partial charge in [0.15, 0.2) is 0 Å². The topological polar surface area (TPSA) is 0 Å². The summed E-state index contributed by atoms with van der Waals surface area (Å²) < 4.78 is 1.41. The summed E-state index contributed by atoms with van der Waals surface area (Å²) in [6, 6.07) is 6.60. The highest BCUT2D eigenvalue weighted by molar-refractivity contribution is 14.1. The molecule has 0 saturated heterocycles. The molecule has 0 spiro atoms. The molecule has 0 aliphatic heterocycles. The van der Waals surface area contributed by atoms with Gasteiger partial charge in [-0.15, -0.1) is 0 Å². The molecular formula is C13H17I. The summed E-state index contributed by atoms with van der Waals surface area (Å²) in [5.74, 6) is 0.622. The van der Waals surface area contributed by atoms with Gasteiger partial charge >= 0.3 is 0 Å². The molecule has 14 heavy (non-hydrogen) atoms. The van der Waals surface area contributed by atoms with Crippen molar-refractivity contribution in [2.24, 2.45) is 5.92 Å². The molecule has 1 aromatic carbocycles. The lowest BCUT2D eigenvalue weighted by atomic mass is 10.0. The van der Waals surface area contributed by atoms with Crippen molar-refractivity contribution in [1.29, 1.82) is 0 Å². The van der Waals surface area contributed by atoms with Gasteiger partial charge in [-0.2, -0.15) is 0 Å². The Hall–Kier alpha value is -0.310. The number of aryl methyl sites for hydroxylation is 2.